The maximum atomic E-state index is 11.1. The summed E-state index contributed by atoms with van der Waals surface area (Å²) in [6.45, 7) is 0. The van der Waals surface area contributed by atoms with Gasteiger partial charge < -0.3 is 19.9 Å². The molecule has 0 unspecified atom stereocenters. The Morgan fingerprint density at radius 3 is 2.68 bits per heavy atom. The van der Waals surface area contributed by atoms with Gasteiger partial charge in [-0.15, -0.1) is 0 Å². The van der Waals surface area contributed by atoms with Crippen LogP contribution in [0, 0.1) is 0 Å². The highest BCUT2D eigenvalue weighted by molar-refractivity contribution is 6.41. The minimum absolute atomic E-state index is 0.0237. The number of aromatic carboxylic acids is 1. The summed E-state index contributed by atoms with van der Waals surface area (Å²) in [7, 11) is 0. The van der Waals surface area contributed by atoms with E-state index in [0.29, 0.717) is 16.7 Å². The number of aromatic nitrogens is 1. The highest BCUT2D eigenvalue weighted by Crippen LogP contribution is 2.44. The molecule has 0 radical (unpaired) electrons. The number of H-pyrrole nitrogens is 1. The maximum absolute atomic E-state index is 11.1. The fourth-order valence-corrected chi connectivity index (χ4v) is 3.84. The first kappa shape index (κ1) is 16.1. The Morgan fingerprint density at radius 2 is 1.92 bits per heavy atom. The minimum Gasteiger partial charge on any atom is -0.508 e. The molecule has 3 N–H and O–H groups in total. The van der Waals surface area contributed by atoms with E-state index in [1.165, 1.54) is 6.07 Å². The van der Waals surface area contributed by atoms with Crippen molar-refractivity contribution in [1.29, 1.82) is 0 Å². The van der Waals surface area contributed by atoms with Crippen LogP contribution >= 0.6 is 23.2 Å². The number of hydrogen-bond acceptors (Lipinski definition) is 3. The van der Waals surface area contributed by atoms with E-state index in [1.54, 1.807) is 18.2 Å². The lowest BCUT2D eigenvalue weighted by molar-refractivity contribution is 0.0691. The standard InChI is InChI=1S/C18H13Cl2NO4/c19-11-7-12-10(6-13(21-12)18(23)24)16(20)17(11)25-15-5-4-14(22)8-2-1-3-9(8)15/h4-7,21-22H,1-3H2,(H,23,24). The summed E-state index contributed by atoms with van der Waals surface area (Å²) in [6.07, 6.45) is 2.56. The van der Waals surface area contributed by atoms with E-state index in [-0.39, 0.29) is 27.2 Å². The van der Waals surface area contributed by atoms with Crippen LogP contribution in [0.5, 0.6) is 17.2 Å². The molecule has 0 aliphatic heterocycles. The Bertz CT molecular complexity index is 1030. The van der Waals surface area contributed by atoms with Gasteiger partial charge in [0.15, 0.2) is 5.75 Å². The lowest BCUT2D eigenvalue weighted by Gasteiger charge is -2.14. The molecule has 0 amide bonds. The number of rotatable bonds is 3. The molecule has 128 valence electrons. The number of carbonyl (C=O) groups is 1. The zero-order chi connectivity index (χ0) is 17.7. The molecule has 0 saturated carbocycles. The summed E-state index contributed by atoms with van der Waals surface area (Å²) in [6, 6.07) is 6.32. The molecule has 0 fully saturated rings. The van der Waals surface area contributed by atoms with Crippen molar-refractivity contribution >= 4 is 40.1 Å². The van der Waals surface area contributed by atoms with E-state index >= 15 is 0 Å². The van der Waals surface area contributed by atoms with Crippen molar-refractivity contribution in [3.63, 3.8) is 0 Å². The monoisotopic (exact) mass is 377 g/mol. The quantitative estimate of drug-likeness (QED) is 0.588. The van der Waals surface area contributed by atoms with Crippen LogP contribution < -0.4 is 4.74 Å². The molecular weight excluding hydrogens is 365 g/mol. The van der Waals surface area contributed by atoms with E-state index < -0.39 is 5.97 Å². The predicted octanol–water partition coefficient (Wildman–Crippen LogP) is 5.16. The summed E-state index contributed by atoms with van der Waals surface area (Å²) in [5, 5.41) is 20.1. The fraction of sp³-hybridized carbons (Fsp3) is 0.167. The second-order valence-electron chi connectivity index (χ2n) is 5.95. The summed E-state index contributed by atoms with van der Waals surface area (Å²) in [4.78, 5) is 13.9. The molecule has 1 aliphatic carbocycles. The van der Waals surface area contributed by atoms with Crippen LogP contribution in [0.15, 0.2) is 24.3 Å². The molecular formula is C18H13Cl2NO4. The topological polar surface area (TPSA) is 82.6 Å². The summed E-state index contributed by atoms with van der Waals surface area (Å²) >= 11 is 12.7. The van der Waals surface area contributed by atoms with Gasteiger partial charge in [-0.05, 0) is 43.5 Å². The largest absolute Gasteiger partial charge is 0.508 e. The smallest absolute Gasteiger partial charge is 0.352 e. The zero-order valence-electron chi connectivity index (χ0n) is 12.9. The number of benzene rings is 2. The number of aromatic amines is 1. The van der Waals surface area contributed by atoms with Crippen LogP contribution in [0.1, 0.15) is 28.0 Å². The molecule has 2 aromatic carbocycles. The van der Waals surface area contributed by atoms with Gasteiger partial charge in [0.25, 0.3) is 0 Å². The fourth-order valence-electron chi connectivity index (χ4n) is 3.25. The van der Waals surface area contributed by atoms with Crippen molar-refractivity contribution in [2.45, 2.75) is 19.3 Å². The molecule has 7 heteroatoms. The molecule has 0 bridgehead atoms. The Morgan fingerprint density at radius 1 is 1.16 bits per heavy atom. The SMILES string of the molecule is O=C(O)c1cc2c(Cl)c(Oc3ccc(O)c4c3CCC4)c(Cl)cc2[nH]1. The molecule has 1 aromatic heterocycles. The number of phenolic OH excluding ortho intramolecular Hbond substituents is 1. The molecule has 0 saturated heterocycles. The molecule has 1 heterocycles. The molecule has 4 rings (SSSR count). The first-order valence-electron chi connectivity index (χ1n) is 7.71. The van der Waals surface area contributed by atoms with E-state index in [2.05, 4.69) is 4.98 Å². The lowest BCUT2D eigenvalue weighted by Crippen LogP contribution is -1.94. The lowest BCUT2D eigenvalue weighted by atomic mass is 10.1. The van der Waals surface area contributed by atoms with E-state index in [0.717, 1.165) is 30.4 Å². The Kier molecular flexibility index (Phi) is 3.78. The van der Waals surface area contributed by atoms with Crippen LogP contribution in [0.2, 0.25) is 10.0 Å². The molecule has 1 aliphatic rings. The van der Waals surface area contributed by atoms with Gasteiger partial charge in [-0.1, -0.05) is 23.2 Å². The normalized spacial score (nSPS) is 13.2. The third kappa shape index (κ3) is 2.60. The molecule has 5 nitrogen and oxygen atoms in total. The van der Waals surface area contributed by atoms with Crippen LogP contribution in [0.4, 0.5) is 0 Å². The third-order valence-electron chi connectivity index (χ3n) is 4.43. The highest BCUT2D eigenvalue weighted by Gasteiger charge is 2.22. The number of halogens is 2. The predicted molar refractivity (Wildman–Crippen MR) is 95.5 cm³/mol. The second-order valence-corrected chi connectivity index (χ2v) is 6.73. The van der Waals surface area contributed by atoms with Gasteiger partial charge in [0.1, 0.15) is 17.2 Å². The van der Waals surface area contributed by atoms with E-state index in [4.69, 9.17) is 33.0 Å². The van der Waals surface area contributed by atoms with Gasteiger partial charge in [-0.2, -0.15) is 0 Å². The van der Waals surface area contributed by atoms with Crippen molar-refractivity contribution in [3.8, 4) is 17.2 Å². The third-order valence-corrected chi connectivity index (χ3v) is 5.09. The first-order chi connectivity index (χ1) is 12.0. The van der Waals surface area contributed by atoms with Crippen molar-refractivity contribution in [3.05, 3.63) is 51.1 Å². The zero-order valence-corrected chi connectivity index (χ0v) is 14.4. The van der Waals surface area contributed by atoms with Gasteiger partial charge >= 0.3 is 5.97 Å². The highest BCUT2D eigenvalue weighted by atomic mass is 35.5. The van der Waals surface area contributed by atoms with E-state index in [9.17, 15) is 9.90 Å². The first-order valence-corrected chi connectivity index (χ1v) is 8.47. The number of hydrogen-bond donors (Lipinski definition) is 3. The Labute approximate surface area is 152 Å². The van der Waals surface area contributed by atoms with Gasteiger partial charge in [0, 0.05) is 22.0 Å². The van der Waals surface area contributed by atoms with Crippen molar-refractivity contribution in [2.75, 3.05) is 0 Å². The van der Waals surface area contributed by atoms with Crippen molar-refractivity contribution in [1.82, 2.24) is 4.98 Å². The number of aromatic hydroxyl groups is 1. The molecule has 0 spiro atoms. The summed E-state index contributed by atoms with van der Waals surface area (Å²) < 4.78 is 5.98. The van der Waals surface area contributed by atoms with Crippen molar-refractivity contribution in [2.24, 2.45) is 0 Å². The second kappa shape index (κ2) is 5.86. The number of carboxylic acids is 1. The molecule has 25 heavy (non-hydrogen) atoms. The Balaban J connectivity index is 1.83. The van der Waals surface area contributed by atoms with Crippen LogP contribution in [-0.2, 0) is 12.8 Å². The number of phenols is 1. The molecule has 3 aromatic rings. The van der Waals surface area contributed by atoms with Gasteiger partial charge in [0.05, 0.1) is 10.0 Å². The Hall–Kier alpha value is -2.37. The van der Waals surface area contributed by atoms with Crippen LogP contribution in [-0.4, -0.2) is 21.2 Å². The average Bonchev–Trinajstić information content (AvgIpc) is 3.20. The van der Waals surface area contributed by atoms with Crippen molar-refractivity contribution < 1.29 is 19.7 Å². The van der Waals surface area contributed by atoms with Gasteiger partial charge in [-0.3, -0.25) is 0 Å². The average molecular weight is 378 g/mol. The summed E-state index contributed by atoms with van der Waals surface area (Å²) in [5.41, 5.74) is 2.39. The van der Waals surface area contributed by atoms with Gasteiger partial charge in [0.2, 0.25) is 0 Å². The number of ether oxygens (including phenoxy) is 1. The van der Waals surface area contributed by atoms with Gasteiger partial charge in [-0.25, -0.2) is 4.79 Å². The number of fused-ring (bicyclic) bond motifs is 2. The van der Waals surface area contributed by atoms with Crippen LogP contribution in [0.25, 0.3) is 10.9 Å². The number of carboxylic acid groups (broad SMARTS) is 1. The van der Waals surface area contributed by atoms with Crippen LogP contribution in [0.3, 0.4) is 0 Å². The summed E-state index contributed by atoms with van der Waals surface area (Å²) in [5.74, 6) is 0.0560. The minimum atomic E-state index is -1.08. The van der Waals surface area contributed by atoms with E-state index in [1.807, 2.05) is 0 Å². The number of nitrogens with one attached hydrogen (secondary N) is 1. The maximum Gasteiger partial charge on any atom is 0.352 e. The molecule has 0 atom stereocenters.